The van der Waals surface area contributed by atoms with Gasteiger partial charge in [-0.1, -0.05) is 18.2 Å². The number of carbonyl (C=O) groups excluding carboxylic acids is 3. The third kappa shape index (κ3) is 4.81. The van der Waals surface area contributed by atoms with Crippen LogP contribution in [-0.2, 0) is 14.3 Å². The first-order valence-corrected chi connectivity index (χ1v) is 7.44. The normalized spacial score (nSPS) is 13.6. The summed E-state index contributed by atoms with van der Waals surface area (Å²) in [6.45, 7) is 6.70. The number of nitrogens with one attached hydrogen (secondary N) is 2. The van der Waals surface area contributed by atoms with Gasteiger partial charge in [-0.3, -0.25) is 14.4 Å². The van der Waals surface area contributed by atoms with Crippen LogP contribution in [0.2, 0.25) is 0 Å². The monoisotopic (exact) mass is 320 g/mol. The minimum atomic E-state index is -0.867. The minimum absolute atomic E-state index is 0.326. The van der Waals surface area contributed by atoms with Crippen molar-refractivity contribution in [2.24, 2.45) is 5.41 Å². The molecule has 1 rings (SSSR count). The number of ether oxygens (including phenoxy) is 1. The van der Waals surface area contributed by atoms with Crippen LogP contribution >= 0.6 is 0 Å². The first-order chi connectivity index (χ1) is 10.7. The van der Waals surface area contributed by atoms with Crippen molar-refractivity contribution in [3.05, 3.63) is 35.9 Å². The second-order valence-corrected chi connectivity index (χ2v) is 6.00. The minimum Gasteiger partial charge on any atom is -0.469 e. The molecule has 2 amide bonds. The quantitative estimate of drug-likeness (QED) is 0.778. The summed E-state index contributed by atoms with van der Waals surface area (Å²) in [5.41, 5.74) is -0.386. The summed E-state index contributed by atoms with van der Waals surface area (Å²) in [6.07, 6.45) is 0. The summed E-state index contributed by atoms with van der Waals surface area (Å²) >= 11 is 0. The molecule has 0 bridgehead atoms. The molecule has 126 valence electrons. The van der Waals surface area contributed by atoms with Gasteiger partial charge in [0.05, 0.1) is 12.5 Å². The highest BCUT2D eigenvalue weighted by Gasteiger charge is 2.36. The number of rotatable bonds is 6. The van der Waals surface area contributed by atoms with Gasteiger partial charge >= 0.3 is 5.97 Å². The summed E-state index contributed by atoms with van der Waals surface area (Å²) < 4.78 is 4.74. The maximum absolute atomic E-state index is 12.2. The van der Waals surface area contributed by atoms with Gasteiger partial charge in [0.2, 0.25) is 5.91 Å². The summed E-state index contributed by atoms with van der Waals surface area (Å²) in [4.78, 5) is 36.0. The molecular weight excluding hydrogens is 296 g/mol. The Labute approximate surface area is 136 Å². The lowest BCUT2D eigenvalue weighted by molar-refractivity contribution is -0.152. The molecule has 0 fully saturated rings. The van der Waals surface area contributed by atoms with E-state index in [1.807, 2.05) is 6.07 Å². The van der Waals surface area contributed by atoms with Crippen molar-refractivity contribution in [3.8, 4) is 0 Å². The van der Waals surface area contributed by atoms with Crippen LogP contribution < -0.4 is 10.6 Å². The van der Waals surface area contributed by atoms with Gasteiger partial charge in [0.25, 0.3) is 5.91 Å². The fraction of sp³-hybridized carbons (Fsp3) is 0.471. The van der Waals surface area contributed by atoms with Crippen LogP contribution in [0.1, 0.15) is 38.1 Å². The predicted molar refractivity (Wildman–Crippen MR) is 86.8 cm³/mol. The molecule has 1 aromatic carbocycles. The fourth-order valence-corrected chi connectivity index (χ4v) is 1.89. The van der Waals surface area contributed by atoms with Crippen molar-refractivity contribution < 1.29 is 19.1 Å². The molecule has 0 saturated heterocycles. The fourth-order valence-electron chi connectivity index (χ4n) is 1.89. The molecule has 0 unspecified atom stereocenters. The van der Waals surface area contributed by atoms with Crippen molar-refractivity contribution in [1.29, 1.82) is 0 Å². The molecule has 0 aliphatic rings. The molecule has 0 spiro atoms. The summed E-state index contributed by atoms with van der Waals surface area (Å²) in [5, 5.41) is 5.37. The lowest BCUT2D eigenvalue weighted by atomic mass is 9.85. The third-order valence-electron chi connectivity index (χ3n) is 3.93. The Kier molecular flexibility index (Phi) is 6.30. The number of hydrogen-bond acceptors (Lipinski definition) is 4. The van der Waals surface area contributed by atoms with Crippen molar-refractivity contribution in [1.82, 2.24) is 10.6 Å². The molecule has 0 radical (unpaired) electrons. The van der Waals surface area contributed by atoms with Crippen LogP contribution in [0.5, 0.6) is 0 Å². The number of methoxy groups -OCH3 is 1. The van der Waals surface area contributed by atoms with E-state index < -0.39 is 23.5 Å². The van der Waals surface area contributed by atoms with Gasteiger partial charge in [0.1, 0.15) is 6.04 Å². The zero-order valence-electron chi connectivity index (χ0n) is 14.2. The van der Waals surface area contributed by atoms with Crippen molar-refractivity contribution in [2.75, 3.05) is 7.11 Å². The Hall–Kier alpha value is -2.37. The lowest BCUT2D eigenvalue weighted by Crippen LogP contribution is -2.53. The molecule has 0 aromatic heterocycles. The van der Waals surface area contributed by atoms with Crippen LogP contribution in [-0.4, -0.2) is 37.0 Å². The first kappa shape index (κ1) is 18.7. The Morgan fingerprint density at radius 1 is 1.04 bits per heavy atom. The average Bonchev–Trinajstić information content (AvgIpc) is 2.54. The number of carbonyl (C=O) groups is 3. The zero-order valence-corrected chi connectivity index (χ0v) is 14.2. The highest BCUT2D eigenvalue weighted by Crippen LogP contribution is 2.22. The maximum Gasteiger partial charge on any atom is 0.313 e. The lowest BCUT2D eigenvalue weighted by Gasteiger charge is -2.30. The standard InChI is InChI=1S/C17H24N2O4/c1-11(18-15(21)13-9-7-6-8-10-13)14(20)19-12(2)17(3,4)16(22)23-5/h6-12H,1-5H3,(H,18,21)(H,19,20)/t11-,12-/m0/s1. The van der Waals surface area contributed by atoms with Gasteiger partial charge in [-0.15, -0.1) is 0 Å². The topological polar surface area (TPSA) is 84.5 Å². The molecule has 0 heterocycles. The van der Waals surface area contributed by atoms with E-state index in [0.29, 0.717) is 5.56 Å². The van der Waals surface area contributed by atoms with Gasteiger partial charge in [-0.05, 0) is 39.8 Å². The molecule has 2 N–H and O–H groups in total. The Morgan fingerprint density at radius 3 is 2.13 bits per heavy atom. The zero-order chi connectivity index (χ0) is 17.6. The van der Waals surface area contributed by atoms with E-state index in [1.54, 1.807) is 52.0 Å². The van der Waals surface area contributed by atoms with E-state index in [9.17, 15) is 14.4 Å². The Bertz CT molecular complexity index is 569. The van der Waals surface area contributed by atoms with Crippen LogP contribution in [0.25, 0.3) is 0 Å². The van der Waals surface area contributed by atoms with Crippen LogP contribution in [0.3, 0.4) is 0 Å². The van der Waals surface area contributed by atoms with Gasteiger partial charge < -0.3 is 15.4 Å². The number of benzene rings is 1. The summed E-state index contributed by atoms with van der Waals surface area (Å²) in [7, 11) is 1.31. The molecule has 0 aliphatic carbocycles. The van der Waals surface area contributed by atoms with Gasteiger partial charge in [-0.2, -0.15) is 0 Å². The second-order valence-electron chi connectivity index (χ2n) is 6.00. The van der Waals surface area contributed by atoms with E-state index in [1.165, 1.54) is 7.11 Å². The van der Waals surface area contributed by atoms with Crippen LogP contribution in [0, 0.1) is 5.41 Å². The predicted octanol–water partition coefficient (Wildman–Crippen LogP) is 1.51. The molecule has 1 aromatic rings. The van der Waals surface area contributed by atoms with E-state index in [0.717, 1.165) is 0 Å². The molecular formula is C17H24N2O4. The highest BCUT2D eigenvalue weighted by atomic mass is 16.5. The van der Waals surface area contributed by atoms with Crippen molar-refractivity contribution in [2.45, 2.75) is 39.8 Å². The number of hydrogen-bond donors (Lipinski definition) is 2. The van der Waals surface area contributed by atoms with Crippen LogP contribution in [0.15, 0.2) is 30.3 Å². The van der Waals surface area contributed by atoms with Gasteiger partial charge in [0.15, 0.2) is 0 Å². The summed E-state index contributed by atoms with van der Waals surface area (Å²) in [5.74, 6) is -1.10. The smallest absolute Gasteiger partial charge is 0.313 e. The largest absolute Gasteiger partial charge is 0.469 e. The number of amides is 2. The molecule has 2 atom stereocenters. The Balaban J connectivity index is 2.64. The molecule has 23 heavy (non-hydrogen) atoms. The van der Waals surface area contributed by atoms with E-state index in [2.05, 4.69) is 10.6 Å². The van der Waals surface area contributed by atoms with E-state index in [-0.39, 0.29) is 11.8 Å². The molecule has 0 aliphatic heterocycles. The van der Waals surface area contributed by atoms with Gasteiger partial charge in [-0.25, -0.2) is 0 Å². The van der Waals surface area contributed by atoms with E-state index in [4.69, 9.17) is 4.74 Å². The number of esters is 1. The van der Waals surface area contributed by atoms with Crippen molar-refractivity contribution in [3.63, 3.8) is 0 Å². The SMILES string of the molecule is COC(=O)C(C)(C)[C@H](C)NC(=O)[C@H](C)NC(=O)c1ccccc1. The van der Waals surface area contributed by atoms with Gasteiger partial charge in [0, 0.05) is 11.6 Å². The highest BCUT2D eigenvalue weighted by molar-refractivity contribution is 5.97. The third-order valence-corrected chi connectivity index (χ3v) is 3.93. The summed E-state index contributed by atoms with van der Waals surface area (Å²) in [6, 6.07) is 7.48. The molecule has 0 saturated carbocycles. The van der Waals surface area contributed by atoms with E-state index >= 15 is 0 Å². The maximum atomic E-state index is 12.2. The molecule has 6 nitrogen and oxygen atoms in total. The average molecular weight is 320 g/mol. The molecule has 6 heteroatoms. The van der Waals surface area contributed by atoms with Crippen LogP contribution in [0.4, 0.5) is 0 Å². The van der Waals surface area contributed by atoms with Crippen molar-refractivity contribution >= 4 is 17.8 Å². The Morgan fingerprint density at radius 2 is 1.61 bits per heavy atom. The first-order valence-electron chi connectivity index (χ1n) is 7.44. The second kappa shape index (κ2) is 7.76.